The number of aryl methyl sites for hydroxylation is 2. The Hall–Kier alpha value is -2.04. The molecule has 0 radical (unpaired) electrons. The van der Waals surface area contributed by atoms with E-state index in [2.05, 4.69) is 22.5 Å². The molecule has 5 nitrogen and oxygen atoms in total. The number of anilines is 1. The van der Waals surface area contributed by atoms with Crippen LogP contribution in [0.5, 0.6) is 0 Å². The van der Waals surface area contributed by atoms with Gasteiger partial charge in [0.1, 0.15) is 6.54 Å². The number of hydrogen-bond donors (Lipinski definition) is 3. The van der Waals surface area contributed by atoms with Gasteiger partial charge in [0.05, 0.1) is 0 Å². The van der Waals surface area contributed by atoms with Crippen LogP contribution in [-0.4, -0.2) is 24.5 Å². The fraction of sp³-hybridized carbons (Fsp3) is 0.429. The predicted molar refractivity (Wildman–Crippen MR) is 77.2 cm³/mol. The van der Waals surface area contributed by atoms with Crippen LogP contribution in [0.3, 0.4) is 0 Å². The SMILES string of the molecule is Cc1ccc(NC(N)=NCC(=O)NC2CC2)cc1C. The lowest BCUT2D eigenvalue weighted by Gasteiger charge is -2.08. The Morgan fingerprint density at radius 2 is 2.11 bits per heavy atom. The lowest BCUT2D eigenvalue weighted by molar-refractivity contribution is -0.119. The van der Waals surface area contributed by atoms with Crippen molar-refractivity contribution < 1.29 is 4.79 Å². The summed E-state index contributed by atoms with van der Waals surface area (Å²) in [4.78, 5) is 15.5. The van der Waals surface area contributed by atoms with Gasteiger partial charge in [-0.05, 0) is 49.9 Å². The molecule has 0 unspecified atom stereocenters. The number of carbonyl (C=O) groups excluding carboxylic acids is 1. The average Bonchev–Trinajstić information content (AvgIpc) is 3.15. The first kappa shape index (κ1) is 13.4. The fourth-order valence-electron chi connectivity index (χ4n) is 1.66. The van der Waals surface area contributed by atoms with E-state index in [-0.39, 0.29) is 18.4 Å². The zero-order valence-corrected chi connectivity index (χ0v) is 11.4. The second kappa shape index (κ2) is 5.73. The van der Waals surface area contributed by atoms with Gasteiger partial charge in [0.25, 0.3) is 0 Å². The van der Waals surface area contributed by atoms with E-state index in [4.69, 9.17) is 5.73 Å². The van der Waals surface area contributed by atoms with E-state index in [0.29, 0.717) is 6.04 Å². The Balaban J connectivity index is 1.86. The molecular formula is C14H20N4O. The van der Waals surface area contributed by atoms with Gasteiger partial charge in [-0.1, -0.05) is 6.07 Å². The molecule has 19 heavy (non-hydrogen) atoms. The summed E-state index contributed by atoms with van der Waals surface area (Å²) in [6.45, 7) is 4.16. The number of rotatable bonds is 4. The highest BCUT2D eigenvalue weighted by Crippen LogP contribution is 2.18. The lowest BCUT2D eigenvalue weighted by atomic mass is 10.1. The zero-order valence-electron chi connectivity index (χ0n) is 11.4. The number of nitrogens with two attached hydrogens (primary N) is 1. The van der Waals surface area contributed by atoms with Crippen LogP contribution in [0.4, 0.5) is 5.69 Å². The van der Waals surface area contributed by atoms with E-state index in [1.807, 2.05) is 25.1 Å². The van der Waals surface area contributed by atoms with Crippen molar-refractivity contribution in [3.05, 3.63) is 29.3 Å². The number of nitrogens with one attached hydrogen (secondary N) is 2. The Kier molecular flexibility index (Phi) is 4.04. The predicted octanol–water partition coefficient (Wildman–Crippen LogP) is 1.31. The van der Waals surface area contributed by atoms with Crippen LogP contribution in [-0.2, 0) is 4.79 Å². The molecule has 1 fully saturated rings. The van der Waals surface area contributed by atoms with Gasteiger partial charge in [-0.25, -0.2) is 4.99 Å². The van der Waals surface area contributed by atoms with Crippen LogP contribution in [0.1, 0.15) is 24.0 Å². The molecule has 1 amide bonds. The molecular weight excluding hydrogens is 240 g/mol. The molecule has 0 heterocycles. The molecule has 1 aliphatic carbocycles. The normalized spacial score (nSPS) is 15.2. The van der Waals surface area contributed by atoms with Gasteiger partial charge in [-0.2, -0.15) is 0 Å². The molecule has 1 aliphatic rings. The maximum Gasteiger partial charge on any atom is 0.242 e. The molecule has 1 saturated carbocycles. The topological polar surface area (TPSA) is 79.5 Å². The van der Waals surface area contributed by atoms with E-state index in [9.17, 15) is 4.79 Å². The van der Waals surface area contributed by atoms with E-state index >= 15 is 0 Å². The van der Waals surface area contributed by atoms with Gasteiger partial charge in [0.15, 0.2) is 5.96 Å². The van der Waals surface area contributed by atoms with Gasteiger partial charge in [-0.3, -0.25) is 4.79 Å². The lowest BCUT2D eigenvalue weighted by Crippen LogP contribution is -2.30. The van der Waals surface area contributed by atoms with E-state index < -0.39 is 0 Å². The van der Waals surface area contributed by atoms with Crippen LogP contribution < -0.4 is 16.4 Å². The van der Waals surface area contributed by atoms with Crippen molar-refractivity contribution in [3.63, 3.8) is 0 Å². The fourth-order valence-corrected chi connectivity index (χ4v) is 1.66. The molecule has 4 N–H and O–H groups in total. The quantitative estimate of drug-likeness (QED) is 0.564. The van der Waals surface area contributed by atoms with Crippen molar-refractivity contribution in [1.29, 1.82) is 0 Å². The monoisotopic (exact) mass is 260 g/mol. The van der Waals surface area contributed by atoms with Crippen molar-refractivity contribution in [2.45, 2.75) is 32.7 Å². The Morgan fingerprint density at radius 3 is 2.74 bits per heavy atom. The summed E-state index contributed by atoms with van der Waals surface area (Å²) in [5.74, 6) is 0.182. The first-order valence-electron chi connectivity index (χ1n) is 6.48. The van der Waals surface area contributed by atoms with Gasteiger partial charge in [-0.15, -0.1) is 0 Å². The Bertz CT molecular complexity index is 506. The highest BCUT2D eigenvalue weighted by Gasteiger charge is 2.22. The number of amides is 1. The molecule has 0 aliphatic heterocycles. The van der Waals surface area contributed by atoms with E-state index in [0.717, 1.165) is 18.5 Å². The van der Waals surface area contributed by atoms with Crippen LogP contribution >= 0.6 is 0 Å². The van der Waals surface area contributed by atoms with Gasteiger partial charge >= 0.3 is 0 Å². The molecule has 0 bridgehead atoms. The molecule has 1 aromatic rings. The molecule has 2 rings (SSSR count). The number of hydrogen-bond acceptors (Lipinski definition) is 2. The van der Waals surface area contributed by atoms with E-state index in [1.165, 1.54) is 11.1 Å². The summed E-state index contributed by atoms with van der Waals surface area (Å²) in [6, 6.07) is 6.32. The summed E-state index contributed by atoms with van der Waals surface area (Å²) < 4.78 is 0. The second-order valence-corrected chi connectivity index (χ2v) is 4.97. The first-order chi connectivity index (χ1) is 9.04. The maximum atomic E-state index is 11.4. The summed E-state index contributed by atoms with van der Waals surface area (Å²) in [5, 5.41) is 5.84. The number of nitrogens with zero attached hydrogens (tertiary/aromatic N) is 1. The highest BCUT2D eigenvalue weighted by atomic mass is 16.2. The van der Waals surface area contributed by atoms with Crippen LogP contribution in [0.25, 0.3) is 0 Å². The minimum atomic E-state index is -0.0765. The Labute approximate surface area is 113 Å². The van der Waals surface area contributed by atoms with Crippen LogP contribution in [0.2, 0.25) is 0 Å². The summed E-state index contributed by atoms with van der Waals surface area (Å²) in [7, 11) is 0. The Morgan fingerprint density at radius 1 is 1.37 bits per heavy atom. The number of carbonyl (C=O) groups is 1. The molecule has 5 heteroatoms. The average molecular weight is 260 g/mol. The third kappa shape index (κ3) is 4.28. The minimum Gasteiger partial charge on any atom is -0.370 e. The van der Waals surface area contributed by atoms with Crippen LogP contribution in [0.15, 0.2) is 23.2 Å². The van der Waals surface area contributed by atoms with Gasteiger partial charge in [0.2, 0.25) is 5.91 Å². The molecule has 0 saturated heterocycles. The molecule has 102 valence electrons. The van der Waals surface area contributed by atoms with Crippen molar-refractivity contribution in [2.24, 2.45) is 10.7 Å². The van der Waals surface area contributed by atoms with Crippen molar-refractivity contribution in [3.8, 4) is 0 Å². The van der Waals surface area contributed by atoms with Crippen molar-refractivity contribution in [1.82, 2.24) is 5.32 Å². The zero-order chi connectivity index (χ0) is 13.8. The molecule has 1 aromatic carbocycles. The summed E-state index contributed by atoms with van der Waals surface area (Å²) in [5.41, 5.74) is 9.04. The van der Waals surface area contributed by atoms with Crippen molar-refractivity contribution >= 4 is 17.6 Å². The van der Waals surface area contributed by atoms with Gasteiger partial charge < -0.3 is 16.4 Å². The van der Waals surface area contributed by atoms with Gasteiger partial charge in [0, 0.05) is 11.7 Å². The molecule has 0 atom stereocenters. The second-order valence-electron chi connectivity index (χ2n) is 4.97. The maximum absolute atomic E-state index is 11.4. The summed E-state index contributed by atoms with van der Waals surface area (Å²) >= 11 is 0. The number of aliphatic imine (C=N–C) groups is 1. The molecule has 0 aromatic heterocycles. The third-order valence-electron chi connectivity index (χ3n) is 3.11. The smallest absolute Gasteiger partial charge is 0.242 e. The third-order valence-corrected chi connectivity index (χ3v) is 3.11. The summed E-state index contributed by atoms with van der Waals surface area (Å²) in [6.07, 6.45) is 2.15. The van der Waals surface area contributed by atoms with Crippen molar-refractivity contribution in [2.75, 3.05) is 11.9 Å². The van der Waals surface area contributed by atoms with Crippen LogP contribution in [0, 0.1) is 13.8 Å². The van der Waals surface area contributed by atoms with E-state index in [1.54, 1.807) is 0 Å². The number of benzene rings is 1. The minimum absolute atomic E-state index is 0.0696. The largest absolute Gasteiger partial charge is 0.370 e. The number of guanidine groups is 1. The highest BCUT2D eigenvalue weighted by molar-refractivity contribution is 5.94. The first-order valence-corrected chi connectivity index (χ1v) is 6.48. The molecule has 0 spiro atoms. The standard InChI is InChI=1S/C14H20N4O/c1-9-3-4-12(7-10(9)2)18-14(15)16-8-13(19)17-11-5-6-11/h3-4,7,11H,5-6,8H2,1-2H3,(H,17,19)(H3,15,16,18).